The van der Waals surface area contributed by atoms with E-state index in [2.05, 4.69) is 4.98 Å². The lowest BCUT2D eigenvalue weighted by molar-refractivity contribution is -0.137. The highest BCUT2D eigenvalue weighted by atomic mass is 19.4. The van der Waals surface area contributed by atoms with Gasteiger partial charge in [-0.1, -0.05) is 6.07 Å². The first kappa shape index (κ1) is 15.3. The number of pyridine rings is 1. The molecule has 0 spiro atoms. The zero-order valence-electron chi connectivity index (χ0n) is 11.6. The minimum absolute atomic E-state index is 0.0808. The number of benzene rings is 1. The molecule has 0 bridgehead atoms. The smallest absolute Gasteiger partial charge is 0.370 e. The molecule has 1 aromatic carbocycles. The minimum atomic E-state index is -4.41. The molecule has 0 aliphatic rings. The van der Waals surface area contributed by atoms with Gasteiger partial charge in [0.25, 0.3) is 0 Å². The van der Waals surface area contributed by atoms with Gasteiger partial charge >= 0.3 is 6.18 Å². The Bertz CT molecular complexity index is 597. The minimum Gasteiger partial charge on any atom is -0.370 e. The van der Waals surface area contributed by atoms with Gasteiger partial charge < -0.3 is 10.6 Å². The van der Waals surface area contributed by atoms with Crippen molar-refractivity contribution >= 4 is 5.69 Å². The SMILES string of the molecule is CN(Cc1ccncc1)c1ccc(CN)cc1C(F)(F)F. The number of rotatable bonds is 4. The average molecular weight is 295 g/mol. The fourth-order valence-corrected chi connectivity index (χ4v) is 2.12. The van der Waals surface area contributed by atoms with Crippen LogP contribution in [0.25, 0.3) is 0 Å². The van der Waals surface area contributed by atoms with E-state index in [-0.39, 0.29) is 12.2 Å². The Morgan fingerprint density at radius 3 is 2.33 bits per heavy atom. The Morgan fingerprint density at radius 2 is 1.76 bits per heavy atom. The van der Waals surface area contributed by atoms with E-state index in [9.17, 15) is 13.2 Å². The van der Waals surface area contributed by atoms with Crippen LogP contribution in [0.5, 0.6) is 0 Å². The van der Waals surface area contributed by atoms with Crippen LogP contribution in [0.3, 0.4) is 0 Å². The summed E-state index contributed by atoms with van der Waals surface area (Å²) in [4.78, 5) is 5.46. The van der Waals surface area contributed by atoms with Gasteiger partial charge in [-0.3, -0.25) is 4.98 Å². The summed E-state index contributed by atoms with van der Waals surface area (Å²) in [6.45, 7) is 0.449. The molecular weight excluding hydrogens is 279 g/mol. The highest BCUT2D eigenvalue weighted by Crippen LogP contribution is 2.37. The molecule has 21 heavy (non-hydrogen) atoms. The van der Waals surface area contributed by atoms with Crippen molar-refractivity contribution in [3.63, 3.8) is 0 Å². The van der Waals surface area contributed by atoms with Gasteiger partial charge in [-0.2, -0.15) is 13.2 Å². The second-order valence-corrected chi connectivity index (χ2v) is 4.76. The van der Waals surface area contributed by atoms with Gasteiger partial charge in [-0.15, -0.1) is 0 Å². The number of hydrogen-bond acceptors (Lipinski definition) is 3. The molecule has 1 heterocycles. The summed E-state index contributed by atoms with van der Waals surface area (Å²) in [7, 11) is 1.63. The van der Waals surface area contributed by atoms with E-state index in [1.165, 1.54) is 6.07 Å². The lowest BCUT2D eigenvalue weighted by atomic mass is 10.1. The zero-order valence-corrected chi connectivity index (χ0v) is 11.6. The maximum absolute atomic E-state index is 13.2. The number of hydrogen-bond donors (Lipinski definition) is 1. The van der Waals surface area contributed by atoms with Crippen molar-refractivity contribution in [3.8, 4) is 0 Å². The lowest BCUT2D eigenvalue weighted by Gasteiger charge is -2.24. The van der Waals surface area contributed by atoms with Crippen molar-refractivity contribution in [2.75, 3.05) is 11.9 Å². The van der Waals surface area contributed by atoms with Gasteiger partial charge in [0.2, 0.25) is 0 Å². The largest absolute Gasteiger partial charge is 0.418 e. The number of aromatic nitrogens is 1. The molecule has 3 nitrogen and oxygen atoms in total. The normalized spacial score (nSPS) is 11.5. The van der Waals surface area contributed by atoms with Crippen molar-refractivity contribution < 1.29 is 13.2 Å². The molecule has 6 heteroatoms. The fraction of sp³-hybridized carbons (Fsp3) is 0.267. The van der Waals surface area contributed by atoms with E-state index >= 15 is 0 Å². The second kappa shape index (κ2) is 6.13. The van der Waals surface area contributed by atoms with Gasteiger partial charge in [0, 0.05) is 38.2 Å². The zero-order chi connectivity index (χ0) is 15.5. The Hall–Kier alpha value is -2.08. The quantitative estimate of drug-likeness (QED) is 0.942. The maximum Gasteiger partial charge on any atom is 0.418 e. The average Bonchev–Trinajstić information content (AvgIpc) is 2.46. The molecule has 0 saturated heterocycles. The molecule has 0 radical (unpaired) electrons. The first-order chi connectivity index (χ1) is 9.91. The molecule has 2 rings (SSSR count). The fourth-order valence-electron chi connectivity index (χ4n) is 2.12. The van der Waals surface area contributed by atoms with Crippen molar-refractivity contribution in [2.45, 2.75) is 19.3 Å². The van der Waals surface area contributed by atoms with Gasteiger partial charge in [-0.25, -0.2) is 0 Å². The van der Waals surface area contributed by atoms with E-state index in [0.29, 0.717) is 12.1 Å². The third-order valence-corrected chi connectivity index (χ3v) is 3.18. The van der Waals surface area contributed by atoms with Crippen LogP contribution in [0.1, 0.15) is 16.7 Å². The molecule has 0 saturated carbocycles. The van der Waals surface area contributed by atoms with Gasteiger partial charge in [0.15, 0.2) is 0 Å². The summed E-state index contributed by atoms with van der Waals surface area (Å²) in [5, 5.41) is 0. The first-order valence-electron chi connectivity index (χ1n) is 6.42. The summed E-state index contributed by atoms with van der Waals surface area (Å²) >= 11 is 0. The van der Waals surface area contributed by atoms with Crippen LogP contribution >= 0.6 is 0 Å². The third kappa shape index (κ3) is 3.72. The molecule has 0 fully saturated rings. The molecule has 2 aromatic rings. The van der Waals surface area contributed by atoms with Crippen LogP contribution in [-0.2, 0) is 19.3 Å². The van der Waals surface area contributed by atoms with Crippen LogP contribution < -0.4 is 10.6 Å². The number of halogens is 3. The predicted molar refractivity (Wildman–Crippen MR) is 75.7 cm³/mol. The number of nitrogens with zero attached hydrogens (tertiary/aromatic N) is 2. The number of anilines is 1. The van der Waals surface area contributed by atoms with E-state index in [0.717, 1.165) is 11.6 Å². The van der Waals surface area contributed by atoms with Crippen molar-refractivity contribution in [1.82, 2.24) is 4.98 Å². The summed E-state index contributed by atoms with van der Waals surface area (Å²) in [6.07, 6.45) is -1.18. The maximum atomic E-state index is 13.2. The summed E-state index contributed by atoms with van der Waals surface area (Å²) in [5.74, 6) is 0. The molecule has 112 valence electrons. The van der Waals surface area contributed by atoms with Crippen molar-refractivity contribution in [2.24, 2.45) is 5.73 Å². The van der Waals surface area contributed by atoms with Gasteiger partial charge in [-0.05, 0) is 35.4 Å². The van der Waals surface area contributed by atoms with Crippen LogP contribution in [0.2, 0.25) is 0 Å². The van der Waals surface area contributed by atoms with Crippen LogP contribution in [0.15, 0.2) is 42.7 Å². The molecule has 1 aromatic heterocycles. The Labute approximate surface area is 121 Å². The molecule has 0 aliphatic heterocycles. The Kier molecular flexibility index (Phi) is 4.47. The second-order valence-electron chi connectivity index (χ2n) is 4.76. The molecular formula is C15H16F3N3. The molecule has 0 atom stereocenters. The third-order valence-electron chi connectivity index (χ3n) is 3.18. The predicted octanol–water partition coefficient (Wildman–Crippen LogP) is 3.20. The number of nitrogens with two attached hydrogens (primary N) is 1. The molecule has 0 amide bonds. The standard InChI is InChI=1S/C15H16F3N3/c1-21(10-11-4-6-20-7-5-11)14-3-2-12(9-19)8-13(14)15(16,17)18/h2-8H,9-10,19H2,1H3. The van der Waals surface area contributed by atoms with Gasteiger partial charge in [0.1, 0.15) is 0 Å². The van der Waals surface area contributed by atoms with Crippen LogP contribution in [0.4, 0.5) is 18.9 Å². The highest BCUT2D eigenvalue weighted by molar-refractivity contribution is 5.56. The summed E-state index contributed by atoms with van der Waals surface area (Å²) < 4.78 is 39.6. The van der Waals surface area contributed by atoms with Crippen LogP contribution in [-0.4, -0.2) is 12.0 Å². The van der Waals surface area contributed by atoms with E-state index in [1.54, 1.807) is 42.5 Å². The summed E-state index contributed by atoms with van der Waals surface area (Å²) in [6, 6.07) is 7.74. The van der Waals surface area contributed by atoms with Crippen LogP contribution in [0, 0.1) is 0 Å². The van der Waals surface area contributed by atoms with E-state index in [4.69, 9.17) is 5.73 Å². The Balaban J connectivity index is 2.34. The number of alkyl halides is 3. The lowest BCUT2D eigenvalue weighted by Crippen LogP contribution is -2.21. The highest BCUT2D eigenvalue weighted by Gasteiger charge is 2.34. The topological polar surface area (TPSA) is 42.2 Å². The molecule has 0 unspecified atom stereocenters. The van der Waals surface area contributed by atoms with E-state index < -0.39 is 11.7 Å². The van der Waals surface area contributed by atoms with Crippen molar-refractivity contribution in [3.05, 3.63) is 59.4 Å². The summed E-state index contributed by atoms with van der Waals surface area (Å²) in [5.41, 5.74) is 6.25. The monoisotopic (exact) mass is 295 g/mol. The Morgan fingerprint density at radius 1 is 1.10 bits per heavy atom. The first-order valence-corrected chi connectivity index (χ1v) is 6.42. The van der Waals surface area contributed by atoms with E-state index in [1.807, 2.05) is 0 Å². The van der Waals surface area contributed by atoms with Crippen molar-refractivity contribution in [1.29, 1.82) is 0 Å². The molecule has 2 N–H and O–H groups in total. The molecule has 0 aliphatic carbocycles. The van der Waals surface area contributed by atoms with Gasteiger partial charge in [0.05, 0.1) is 5.56 Å².